The van der Waals surface area contributed by atoms with Crippen molar-refractivity contribution in [2.75, 3.05) is 24.7 Å². The molecule has 0 spiro atoms. The Balaban J connectivity index is 2.44. The number of nitrogens with two attached hydrogens (primary N) is 1. The molecule has 9 heteroatoms. The Morgan fingerprint density at radius 3 is 3.10 bits per heavy atom. The van der Waals surface area contributed by atoms with E-state index in [0.29, 0.717) is 19.8 Å². The number of aromatic nitrogens is 1. The van der Waals surface area contributed by atoms with Gasteiger partial charge in [-0.15, -0.1) is 0 Å². The van der Waals surface area contributed by atoms with Crippen LogP contribution in [-0.4, -0.2) is 46.8 Å². The molecule has 0 aliphatic carbocycles. The Morgan fingerprint density at radius 2 is 2.50 bits per heavy atom. The van der Waals surface area contributed by atoms with Crippen molar-refractivity contribution >= 4 is 17.3 Å². The number of oxime groups is 1. The molecule has 1 aromatic rings. The number of amidine groups is 1. The normalized spacial score (nSPS) is 19.9. The molecule has 2 heterocycles. The van der Waals surface area contributed by atoms with E-state index < -0.39 is 4.92 Å². The summed E-state index contributed by atoms with van der Waals surface area (Å²) in [5.74, 6) is 0.0439. The van der Waals surface area contributed by atoms with Gasteiger partial charge in [-0.05, 0) is 6.92 Å². The Kier molecular flexibility index (Phi) is 3.99. The number of anilines is 1. The van der Waals surface area contributed by atoms with Crippen LogP contribution >= 0.6 is 0 Å². The fraction of sp³-hybridized carbons (Fsp3) is 0.455. The number of hydrogen-bond acceptors (Lipinski definition) is 7. The first-order valence-corrected chi connectivity index (χ1v) is 6.01. The van der Waals surface area contributed by atoms with Crippen molar-refractivity contribution in [2.24, 2.45) is 10.9 Å². The molecule has 0 amide bonds. The average Bonchev–Trinajstić information content (AvgIpc) is 2.46. The number of pyridine rings is 1. The van der Waals surface area contributed by atoms with Gasteiger partial charge in [-0.3, -0.25) is 10.1 Å². The van der Waals surface area contributed by atoms with Gasteiger partial charge >= 0.3 is 5.69 Å². The molecule has 1 unspecified atom stereocenters. The molecule has 0 radical (unpaired) electrons. The minimum Gasteiger partial charge on any atom is -0.409 e. The molecule has 20 heavy (non-hydrogen) atoms. The molecule has 9 nitrogen and oxygen atoms in total. The van der Waals surface area contributed by atoms with Crippen molar-refractivity contribution in [1.82, 2.24) is 4.98 Å². The second-order valence-corrected chi connectivity index (χ2v) is 4.43. The van der Waals surface area contributed by atoms with Crippen molar-refractivity contribution in [3.63, 3.8) is 0 Å². The lowest BCUT2D eigenvalue weighted by molar-refractivity contribution is -0.384. The summed E-state index contributed by atoms with van der Waals surface area (Å²) >= 11 is 0. The van der Waals surface area contributed by atoms with Crippen molar-refractivity contribution in [3.8, 4) is 0 Å². The van der Waals surface area contributed by atoms with Crippen LogP contribution in [0.1, 0.15) is 12.5 Å². The summed E-state index contributed by atoms with van der Waals surface area (Å²) in [6.07, 6.45) is 1.35. The average molecular weight is 281 g/mol. The molecule has 3 N–H and O–H groups in total. The zero-order valence-corrected chi connectivity index (χ0v) is 10.9. The quantitative estimate of drug-likeness (QED) is 0.268. The van der Waals surface area contributed by atoms with E-state index in [2.05, 4.69) is 10.1 Å². The van der Waals surface area contributed by atoms with E-state index in [0.717, 1.165) is 0 Å². The monoisotopic (exact) mass is 281 g/mol. The molecule has 2 rings (SSSR count). The van der Waals surface area contributed by atoms with Crippen molar-refractivity contribution in [1.29, 1.82) is 0 Å². The highest BCUT2D eigenvalue weighted by molar-refractivity contribution is 5.97. The van der Waals surface area contributed by atoms with E-state index in [1.807, 2.05) is 11.8 Å². The highest BCUT2D eigenvalue weighted by Crippen LogP contribution is 2.29. The molecular formula is C11H15N5O4. The van der Waals surface area contributed by atoms with Gasteiger partial charge in [0.1, 0.15) is 0 Å². The molecule has 1 fully saturated rings. The summed E-state index contributed by atoms with van der Waals surface area (Å²) in [4.78, 5) is 16.6. The highest BCUT2D eigenvalue weighted by atomic mass is 16.6. The van der Waals surface area contributed by atoms with Crippen LogP contribution in [0.3, 0.4) is 0 Å². The first kappa shape index (κ1) is 14.0. The van der Waals surface area contributed by atoms with Crippen LogP contribution in [-0.2, 0) is 4.74 Å². The van der Waals surface area contributed by atoms with Gasteiger partial charge in [-0.2, -0.15) is 0 Å². The second kappa shape index (κ2) is 5.70. The van der Waals surface area contributed by atoms with Gasteiger partial charge in [0.25, 0.3) is 0 Å². The molecule has 1 saturated heterocycles. The van der Waals surface area contributed by atoms with E-state index in [9.17, 15) is 10.1 Å². The van der Waals surface area contributed by atoms with Crippen LogP contribution in [0.4, 0.5) is 11.5 Å². The van der Waals surface area contributed by atoms with Crippen molar-refractivity contribution in [3.05, 3.63) is 27.9 Å². The van der Waals surface area contributed by atoms with Crippen LogP contribution in [0.15, 0.2) is 17.4 Å². The predicted octanol–water partition coefficient (Wildman–Crippen LogP) is 0.309. The van der Waals surface area contributed by atoms with Crippen molar-refractivity contribution in [2.45, 2.75) is 13.0 Å². The molecule has 1 aliphatic rings. The molecule has 1 atom stereocenters. The van der Waals surface area contributed by atoms with Gasteiger partial charge in [0.05, 0.1) is 24.2 Å². The Morgan fingerprint density at radius 1 is 1.75 bits per heavy atom. The van der Waals surface area contributed by atoms with E-state index in [4.69, 9.17) is 15.7 Å². The fourth-order valence-electron chi connectivity index (χ4n) is 2.04. The lowest BCUT2D eigenvalue weighted by Crippen LogP contribution is -2.44. The summed E-state index contributed by atoms with van der Waals surface area (Å²) in [7, 11) is 0. The summed E-state index contributed by atoms with van der Waals surface area (Å²) in [5.41, 5.74) is 5.44. The number of hydrogen-bond donors (Lipinski definition) is 2. The third-order valence-electron chi connectivity index (χ3n) is 3.09. The third-order valence-corrected chi connectivity index (χ3v) is 3.09. The molecule has 0 bridgehead atoms. The van der Waals surface area contributed by atoms with Crippen LogP contribution in [0.5, 0.6) is 0 Å². The Hall–Kier alpha value is -2.42. The van der Waals surface area contributed by atoms with Gasteiger partial charge in [-0.1, -0.05) is 5.16 Å². The topological polar surface area (TPSA) is 127 Å². The molecule has 108 valence electrons. The van der Waals surface area contributed by atoms with E-state index in [-0.39, 0.29) is 28.9 Å². The maximum atomic E-state index is 11.2. The van der Waals surface area contributed by atoms with Gasteiger partial charge in [0.15, 0.2) is 5.84 Å². The van der Waals surface area contributed by atoms with E-state index in [1.165, 1.54) is 12.3 Å². The standard InChI is InChI=1S/C11H15N5O4/c1-7-6-20-3-2-15(7)11-9(16(18)19)4-8(5-13-11)10(12)14-17/h4-5,7,17H,2-3,6H2,1H3,(H2,12,14). The van der Waals surface area contributed by atoms with Gasteiger partial charge in [0.2, 0.25) is 5.82 Å². The zero-order chi connectivity index (χ0) is 14.7. The molecular weight excluding hydrogens is 266 g/mol. The number of ether oxygens (including phenoxy) is 1. The van der Waals surface area contributed by atoms with Crippen molar-refractivity contribution < 1.29 is 14.9 Å². The lowest BCUT2D eigenvalue weighted by atomic mass is 10.2. The van der Waals surface area contributed by atoms with Crippen LogP contribution in [0.2, 0.25) is 0 Å². The molecule has 0 aromatic carbocycles. The predicted molar refractivity (Wildman–Crippen MR) is 71.0 cm³/mol. The maximum absolute atomic E-state index is 11.2. The Bertz CT molecular complexity index is 548. The fourth-order valence-corrected chi connectivity index (χ4v) is 2.04. The van der Waals surface area contributed by atoms with Crippen LogP contribution in [0.25, 0.3) is 0 Å². The first-order chi connectivity index (χ1) is 9.54. The van der Waals surface area contributed by atoms with Crippen LogP contribution < -0.4 is 10.6 Å². The number of nitrogens with zero attached hydrogens (tertiary/aromatic N) is 4. The number of morpholine rings is 1. The lowest BCUT2D eigenvalue weighted by Gasteiger charge is -2.33. The number of nitro groups is 1. The first-order valence-electron chi connectivity index (χ1n) is 6.01. The Labute approximate surface area is 114 Å². The number of rotatable bonds is 3. The summed E-state index contributed by atoms with van der Waals surface area (Å²) < 4.78 is 5.30. The van der Waals surface area contributed by atoms with E-state index >= 15 is 0 Å². The third kappa shape index (κ3) is 2.62. The highest BCUT2D eigenvalue weighted by Gasteiger charge is 2.28. The summed E-state index contributed by atoms with van der Waals surface area (Å²) in [5, 5.41) is 22.6. The maximum Gasteiger partial charge on any atom is 0.312 e. The summed E-state index contributed by atoms with van der Waals surface area (Å²) in [6.45, 7) is 3.41. The smallest absolute Gasteiger partial charge is 0.312 e. The van der Waals surface area contributed by atoms with Gasteiger partial charge in [-0.25, -0.2) is 4.98 Å². The molecule has 0 saturated carbocycles. The minimum atomic E-state index is -0.529. The largest absolute Gasteiger partial charge is 0.409 e. The van der Waals surface area contributed by atoms with Gasteiger partial charge < -0.3 is 20.6 Å². The zero-order valence-electron chi connectivity index (χ0n) is 10.9. The molecule has 1 aliphatic heterocycles. The van der Waals surface area contributed by atoms with E-state index in [1.54, 1.807) is 0 Å². The van der Waals surface area contributed by atoms with Gasteiger partial charge in [0, 0.05) is 24.4 Å². The minimum absolute atomic E-state index is 0.00958. The molecule has 1 aromatic heterocycles. The van der Waals surface area contributed by atoms with Crippen LogP contribution in [0, 0.1) is 10.1 Å². The summed E-state index contributed by atoms with van der Waals surface area (Å²) in [6, 6.07) is 1.24. The SMILES string of the molecule is CC1COCCN1c1ncc(C(N)=NO)cc1[N+](=O)[O-]. The second-order valence-electron chi connectivity index (χ2n) is 4.43.